The zero-order valence-corrected chi connectivity index (χ0v) is 8.66. The molecule has 5 heteroatoms. The average Bonchev–Trinajstić information content (AvgIpc) is 2.44. The number of nitrogens with zero attached hydrogens (tertiary/aromatic N) is 1. The molecule has 0 saturated heterocycles. The van der Waals surface area contributed by atoms with Gasteiger partial charge in [0.2, 0.25) is 0 Å². The smallest absolute Gasteiger partial charge is 0.327 e. The summed E-state index contributed by atoms with van der Waals surface area (Å²) in [7, 11) is 1.31. The molecule has 1 aromatic rings. The first-order valence-electron chi connectivity index (χ1n) is 5.07. The van der Waals surface area contributed by atoms with Gasteiger partial charge in [-0.05, 0) is 12.8 Å². The molecule has 1 aliphatic carbocycles. The van der Waals surface area contributed by atoms with E-state index in [1.807, 2.05) is 0 Å². The molecule has 1 N–H and O–H groups in total. The fourth-order valence-electron chi connectivity index (χ4n) is 1.69. The molecule has 0 radical (unpaired) electrons. The van der Waals surface area contributed by atoms with Crippen LogP contribution in [-0.4, -0.2) is 22.9 Å². The van der Waals surface area contributed by atoms with Crippen molar-refractivity contribution >= 4 is 5.97 Å². The van der Waals surface area contributed by atoms with Gasteiger partial charge >= 0.3 is 5.97 Å². The van der Waals surface area contributed by atoms with Crippen molar-refractivity contribution in [2.45, 2.75) is 31.7 Å². The lowest BCUT2D eigenvalue weighted by Gasteiger charge is -2.23. The zero-order chi connectivity index (χ0) is 10.8. The third-order valence-electron chi connectivity index (χ3n) is 2.87. The number of carbonyl (C=O) groups excluding carboxylic acids is 1. The molecule has 15 heavy (non-hydrogen) atoms. The Morgan fingerprint density at radius 2 is 2.40 bits per heavy atom. The van der Waals surface area contributed by atoms with Crippen molar-refractivity contribution in [2.24, 2.45) is 0 Å². The molecule has 0 unspecified atom stereocenters. The van der Waals surface area contributed by atoms with Gasteiger partial charge in [0, 0.05) is 17.7 Å². The summed E-state index contributed by atoms with van der Waals surface area (Å²) in [6.45, 7) is -0.0396. The van der Waals surface area contributed by atoms with Gasteiger partial charge in [-0.2, -0.15) is 0 Å². The highest BCUT2D eigenvalue weighted by atomic mass is 16.5. The molecule has 0 aromatic carbocycles. The number of hydrogen-bond donors (Lipinski definition) is 1. The third-order valence-corrected chi connectivity index (χ3v) is 2.87. The molecule has 2 rings (SSSR count). The second-order valence-electron chi connectivity index (χ2n) is 3.84. The van der Waals surface area contributed by atoms with Crippen LogP contribution in [0.15, 0.2) is 10.9 Å². The molecule has 0 aliphatic heterocycles. The number of methoxy groups -OCH3 is 1. The highest BCUT2D eigenvalue weighted by Crippen LogP contribution is 2.34. The summed E-state index contributed by atoms with van der Waals surface area (Å²) in [6, 6.07) is 1.58. The summed E-state index contributed by atoms with van der Waals surface area (Å²) < 4.78 is 5.79. The molecule has 0 spiro atoms. The van der Waals surface area contributed by atoms with Gasteiger partial charge in [0.05, 0.1) is 7.11 Å². The van der Waals surface area contributed by atoms with Gasteiger partial charge in [0.25, 0.3) is 5.56 Å². The molecule has 1 aliphatic rings. The topological polar surface area (TPSA) is 64.1 Å². The summed E-state index contributed by atoms with van der Waals surface area (Å²) in [4.78, 5) is 22.5. The standard InChI is InChI=1S/C10H14N2O3/c1-15-10(14)6-12-9(13)5-8(11-12)7-3-2-4-7/h5,7,11H,2-4,6H2,1H3. The Labute approximate surface area is 87.0 Å². The fraction of sp³-hybridized carbons (Fsp3) is 0.600. The number of esters is 1. The average molecular weight is 210 g/mol. The van der Waals surface area contributed by atoms with E-state index in [2.05, 4.69) is 9.84 Å². The minimum atomic E-state index is -0.417. The Hall–Kier alpha value is -1.52. The van der Waals surface area contributed by atoms with Gasteiger partial charge in [0.15, 0.2) is 0 Å². The maximum atomic E-state index is 11.5. The number of aromatic amines is 1. The van der Waals surface area contributed by atoms with E-state index in [-0.39, 0.29) is 12.1 Å². The highest BCUT2D eigenvalue weighted by Gasteiger charge is 2.22. The Balaban J connectivity index is 2.14. The van der Waals surface area contributed by atoms with Crippen LogP contribution in [0.25, 0.3) is 0 Å². The van der Waals surface area contributed by atoms with Crippen molar-refractivity contribution in [3.63, 3.8) is 0 Å². The Kier molecular flexibility index (Phi) is 2.62. The van der Waals surface area contributed by atoms with Crippen LogP contribution in [0, 0.1) is 0 Å². The van der Waals surface area contributed by atoms with Gasteiger partial charge in [-0.25, -0.2) is 4.68 Å². The fourth-order valence-corrected chi connectivity index (χ4v) is 1.69. The summed E-state index contributed by atoms with van der Waals surface area (Å²) in [5.41, 5.74) is 0.775. The van der Waals surface area contributed by atoms with Crippen LogP contribution in [0.3, 0.4) is 0 Å². The molecule has 1 fully saturated rings. The maximum absolute atomic E-state index is 11.5. The minimum Gasteiger partial charge on any atom is -0.468 e. The molecule has 0 bridgehead atoms. The van der Waals surface area contributed by atoms with Crippen LogP contribution in [-0.2, 0) is 16.1 Å². The van der Waals surface area contributed by atoms with Crippen molar-refractivity contribution in [3.8, 4) is 0 Å². The maximum Gasteiger partial charge on any atom is 0.327 e. The van der Waals surface area contributed by atoms with Gasteiger partial charge in [-0.1, -0.05) is 6.42 Å². The summed E-state index contributed by atoms with van der Waals surface area (Å²) in [6.07, 6.45) is 3.46. The van der Waals surface area contributed by atoms with E-state index in [0.29, 0.717) is 5.92 Å². The number of ether oxygens (including phenoxy) is 1. The van der Waals surface area contributed by atoms with E-state index < -0.39 is 5.97 Å². The lowest BCUT2D eigenvalue weighted by atomic mass is 9.83. The Morgan fingerprint density at radius 1 is 1.67 bits per heavy atom. The van der Waals surface area contributed by atoms with Gasteiger partial charge in [-0.15, -0.1) is 0 Å². The van der Waals surface area contributed by atoms with Crippen molar-refractivity contribution in [2.75, 3.05) is 7.11 Å². The van der Waals surface area contributed by atoms with Crippen molar-refractivity contribution in [1.29, 1.82) is 0 Å². The van der Waals surface area contributed by atoms with Crippen LogP contribution in [0.4, 0.5) is 0 Å². The van der Waals surface area contributed by atoms with Crippen molar-refractivity contribution in [1.82, 2.24) is 9.78 Å². The molecule has 0 atom stereocenters. The lowest BCUT2D eigenvalue weighted by Crippen LogP contribution is -2.22. The zero-order valence-electron chi connectivity index (χ0n) is 8.66. The van der Waals surface area contributed by atoms with Crippen LogP contribution in [0.5, 0.6) is 0 Å². The first kappa shape index (κ1) is 10.0. The quantitative estimate of drug-likeness (QED) is 0.744. The number of carbonyl (C=O) groups is 1. The van der Waals surface area contributed by atoms with E-state index in [9.17, 15) is 9.59 Å². The molecular weight excluding hydrogens is 196 g/mol. The number of nitrogens with one attached hydrogen (secondary N) is 1. The van der Waals surface area contributed by atoms with Gasteiger partial charge in [-0.3, -0.25) is 14.7 Å². The SMILES string of the molecule is COC(=O)Cn1[nH]c(C2CCC2)cc1=O. The van der Waals surface area contributed by atoms with E-state index in [1.54, 1.807) is 6.07 Å². The Bertz CT molecular complexity index is 415. The lowest BCUT2D eigenvalue weighted by molar-refractivity contribution is -0.141. The van der Waals surface area contributed by atoms with Crippen LogP contribution in [0.2, 0.25) is 0 Å². The van der Waals surface area contributed by atoms with Crippen LogP contribution < -0.4 is 5.56 Å². The summed E-state index contributed by atoms with van der Waals surface area (Å²) in [5, 5.41) is 2.95. The third kappa shape index (κ3) is 1.95. The number of rotatable bonds is 3. The number of H-pyrrole nitrogens is 1. The normalized spacial score (nSPS) is 16.1. The van der Waals surface area contributed by atoms with Crippen molar-refractivity contribution in [3.05, 3.63) is 22.1 Å². The largest absolute Gasteiger partial charge is 0.468 e. The van der Waals surface area contributed by atoms with Crippen LogP contribution >= 0.6 is 0 Å². The predicted octanol–water partition coefficient (Wildman–Crippen LogP) is 0.617. The van der Waals surface area contributed by atoms with Gasteiger partial charge < -0.3 is 4.74 Å². The molecular formula is C10H14N2O3. The highest BCUT2D eigenvalue weighted by molar-refractivity contribution is 5.68. The van der Waals surface area contributed by atoms with Gasteiger partial charge in [0.1, 0.15) is 6.54 Å². The first-order chi connectivity index (χ1) is 7.20. The number of hydrogen-bond acceptors (Lipinski definition) is 3. The monoisotopic (exact) mass is 210 g/mol. The van der Waals surface area contributed by atoms with E-state index in [1.165, 1.54) is 18.2 Å². The molecule has 82 valence electrons. The molecule has 1 heterocycles. The second kappa shape index (κ2) is 3.92. The van der Waals surface area contributed by atoms with E-state index in [0.717, 1.165) is 18.5 Å². The van der Waals surface area contributed by atoms with E-state index in [4.69, 9.17) is 0 Å². The second-order valence-corrected chi connectivity index (χ2v) is 3.84. The molecule has 1 saturated carbocycles. The summed E-state index contributed by atoms with van der Waals surface area (Å²) in [5.74, 6) is 0.0516. The number of aromatic nitrogens is 2. The minimum absolute atomic E-state index is 0.0396. The van der Waals surface area contributed by atoms with Crippen LogP contribution in [0.1, 0.15) is 30.9 Å². The molecule has 1 aromatic heterocycles. The molecule has 0 amide bonds. The van der Waals surface area contributed by atoms with E-state index >= 15 is 0 Å². The summed E-state index contributed by atoms with van der Waals surface area (Å²) >= 11 is 0. The predicted molar refractivity (Wildman–Crippen MR) is 53.7 cm³/mol. The Morgan fingerprint density at radius 3 is 2.93 bits per heavy atom. The first-order valence-corrected chi connectivity index (χ1v) is 5.07. The molecule has 5 nitrogen and oxygen atoms in total. The van der Waals surface area contributed by atoms with Crippen molar-refractivity contribution < 1.29 is 9.53 Å².